The summed E-state index contributed by atoms with van der Waals surface area (Å²) in [6.45, 7) is 0. The molecule has 0 unspecified atom stereocenters. The van der Waals surface area contributed by atoms with Gasteiger partial charge in [0.2, 0.25) is 0 Å². The van der Waals surface area contributed by atoms with Gasteiger partial charge in [-0.05, 0) is 36.4 Å². The molecule has 0 saturated carbocycles. The van der Waals surface area contributed by atoms with Crippen molar-refractivity contribution in [3.63, 3.8) is 0 Å². The summed E-state index contributed by atoms with van der Waals surface area (Å²) in [5.41, 5.74) is 5.87. The second-order valence-electron chi connectivity index (χ2n) is 13.0. The van der Waals surface area contributed by atoms with Gasteiger partial charge in [0.25, 0.3) is 0 Å². The molecule has 0 aliphatic rings. The van der Waals surface area contributed by atoms with Gasteiger partial charge in [0.15, 0.2) is 17.5 Å². The van der Waals surface area contributed by atoms with Crippen molar-refractivity contribution in [2.75, 3.05) is 0 Å². The molecule has 0 N–H and O–H groups in total. The number of benzene rings is 7. The fourth-order valence-electron chi connectivity index (χ4n) is 7.52. The lowest BCUT2D eigenvalue weighted by Crippen LogP contribution is -2.00. The standard InChI is InChI=1S/C46H26N4S2/c1-3-13-27(14-4-1)44-48-45(28-15-5-2-6-16-28)50-46(49-44)35-26-34-40(41-32-19-9-12-22-38(32)52-43(35)41)31-18-7-10-20-36(31)47-42(34)29-23-24-39-33(25-29)30-17-8-11-21-37(30)51-39/h1-26H. The van der Waals surface area contributed by atoms with Gasteiger partial charge in [-0.3, -0.25) is 0 Å². The summed E-state index contributed by atoms with van der Waals surface area (Å²) in [6, 6.07) is 55.4. The molecule has 7 aromatic carbocycles. The lowest BCUT2D eigenvalue weighted by molar-refractivity contribution is 1.08. The van der Waals surface area contributed by atoms with Crippen molar-refractivity contribution in [2.45, 2.75) is 0 Å². The Morgan fingerprint density at radius 1 is 0.346 bits per heavy atom. The first-order chi connectivity index (χ1) is 25.8. The number of hydrogen-bond donors (Lipinski definition) is 0. The van der Waals surface area contributed by atoms with E-state index in [0.29, 0.717) is 17.5 Å². The summed E-state index contributed by atoms with van der Waals surface area (Å²) in [6.07, 6.45) is 0. The van der Waals surface area contributed by atoms with Crippen LogP contribution in [0.25, 0.3) is 107 Å². The van der Waals surface area contributed by atoms with E-state index in [4.69, 9.17) is 19.9 Å². The van der Waals surface area contributed by atoms with Crippen molar-refractivity contribution in [1.29, 1.82) is 0 Å². The van der Waals surface area contributed by atoms with Crippen molar-refractivity contribution < 1.29 is 0 Å². The Kier molecular flexibility index (Phi) is 6.56. The zero-order valence-corrected chi connectivity index (χ0v) is 29.2. The predicted octanol–water partition coefficient (Wildman–Crippen LogP) is 13.0. The van der Waals surface area contributed by atoms with E-state index >= 15 is 0 Å². The molecule has 0 radical (unpaired) electrons. The molecule has 0 bridgehead atoms. The molecular formula is C46H26N4S2. The van der Waals surface area contributed by atoms with Crippen LogP contribution in [0, 0.1) is 0 Å². The van der Waals surface area contributed by atoms with Crippen LogP contribution in [0.15, 0.2) is 158 Å². The number of rotatable bonds is 4. The first kappa shape index (κ1) is 29.4. The van der Waals surface area contributed by atoms with E-state index in [0.717, 1.165) is 48.9 Å². The highest BCUT2D eigenvalue weighted by molar-refractivity contribution is 7.26. The zero-order chi connectivity index (χ0) is 34.2. The summed E-state index contributed by atoms with van der Waals surface area (Å²) in [5.74, 6) is 1.93. The molecule has 0 aliphatic carbocycles. The monoisotopic (exact) mass is 698 g/mol. The van der Waals surface area contributed by atoms with Gasteiger partial charge in [-0.15, -0.1) is 22.7 Å². The van der Waals surface area contributed by atoms with Crippen LogP contribution in [0.1, 0.15) is 0 Å². The van der Waals surface area contributed by atoms with Crippen molar-refractivity contribution in [1.82, 2.24) is 19.9 Å². The molecule has 4 aromatic heterocycles. The molecule has 11 aromatic rings. The van der Waals surface area contributed by atoms with Gasteiger partial charge >= 0.3 is 0 Å². The van der Waals surface area contributed by atoms with Crippen LogP contribution in [0.5, 0.6) is 0 Å². The average molecular weight is 699 g/mol. The predicted molar refractivity (Wildman–Crippen MR) is 220 cm³/mol. The van der Waals surface area contributed by atoms with Gasteiger partial charge in [0.1, 0.15) is 0 Å². The highest BCUT2D eigenvalue weighted by Gasteiger charge is 2.23. The number of aromatic nitrogens is 4. The van der Waals surface area contributed by atoms with E-state index in [9.17, 15) is 0 Å². The Hall–Kier alpha value is -6.34. The quantitative estimate of drug-likeness (QED) is 0.172. The third kappa shape index (κ3) is 4.58. The smallest absolute Gasteiger partial charge is 0.165 e. The minimum absolute atomic E-state index is 0.643. The Balaban J connectivity index is 1.29. The van der Waals surface area contributed by atoms with Crippen LogP contribution < -0.4 is 0 Å². The maximum absolute atomic E-state index is 5.43. The van der Waals surface area contributed by atoms with Crippen molar-refractivity contribution >= 4 is 84.7 Å². The normalized spacial score (nSPS) is 11.8. The van der Waals surface area contributed by atoms with Gasteiger partial charge in [0.05, 0.1) is 11.2 Å². The van der Waals surface area contributed by atoms with E-state index in [1.54, 1.807) is 11.3 Å². The fraction of sp³-hybridized carbons (Fsp3) is 0. The van der Waals surface area contributed by atoms with Crippen LogP contribution in [0.4, 0.5) is 0 Å². The van der Waals surface area contributed by atoms with Gasteiger partial charge in [-0.25, -0.2) is 19.9 Å². The molecule has 0 aliphatic heterocycles. The van der Waals surface area contributed by atoms with Gasteiger partial charge < -0.3 is 0 Å². The molecular weight excluding hydrogens is 673 g/mol. The molecule has 4 nitrogen and oxygen atoms in total. The Morgan fingerprint density at radius 2 is 0.923 bits per heavy atom. The third-order valence-corrected chi connectivity index (χ3v) is 12.3. The van der Waals surface area contributed by atoms with Crippen molar-refractivity contribution in [2.24, 2.45) is 0 Å². The summed E-state index contributed by atoms with van der Waals surface area (Å²) in [7, 11) is 0. The molecule has 6 heteroatoms. The number of hydrogen-bond acceptors (Lipinski definition) is 6. The topological polar surface area (TPSA) is 51.6 Å². The lowest BCUT2D eigenvalue weighted by atomic mass is 9.93. The SMILES string of the molecule is c1ccc(-c2nc(-c3ccccc3)nc(-c3cc4c(-c5ccc6sc7ccccc7c6c5)nc5ccccc5c4c4c3sc3ccccc34)n2)cc1. The Bertz CT molecular complexity index is 3130. The number of pyridine rings is 1. The molecule has 11 rings (SSSR count). The van der Waals surface area contributed by atoms with E-state index in [-0.39, 0.29) is 0 Å². The maximum atomic E-state index is 5.43. The zero-order valence-electron chi connectivity index (χ0n) is 27.6. The summed E-state index contributed by atoms with van der Waals surface area (Å²) >= 11 is 3.63. The van der Waals surface area contributed by atoms with E-state index in [2.05, 4.69) is 121 Å². The fourth-order valence-corrected chi connectivity index (χ4v) is 9.83. The van der Waals surface area contributed by atoms with E-state index in [1.807, 2.05) is 47.7 Å². The number of para-hydroxylation sites is 1. The summed E-state index contributed by atoms with van der Waals surface area (Å²) in [5, 5.41) is 8.36. The largest absolute Gasteiger partial charge is 0.247 e. The van der Waals surface area contributed by atoms with Crippen LogP contribution >= 0.6 is 22.7 Å². The average Bonchev–Trinajstić information content (AvgIpc) is 3.79. The minimum Gasteiger partial charge on any atom is -0.247 e. The molecule has 0 amide bonds. The highest BCUT2D eigenvalue weighted by atomic mass is 32.1. The third-order valence-electron chi connectivity index (χ3n) is 9.90. The molecule has 242 valence electrons. The molecule has 0 spiro atoms. The second kappa shape index (κ2) is 11.6. The lowest BCUT2D eigenvalue weighted by Gasteiger charge is -2.15. The second-order valence-corrected chi connectivity index (χ2v) is 15.1. The molecule has 0 fully saturated rings. The maximum Gasteiger partial charge on any atom is 0.165 e. The highest BCUT2D eigenvalue weighted by Crippen LogP contribution is 2.48. The number of fused-ring (bicyclic) bond motifs is 10. The van der Waals surface area contributed by atoms with Crippen LogP contribution in [-0.2, 0) is 0 Å². The van der Waals surface area contributed by atoms with Crippen LogP contribution in [0.3, 0.4) is 0 Å². The summed E-state index contributed by atoms with van der Waals surface area (Å²) < 4.78 is 4.94. The molecule has 4 heterocycles. The first-order valence-electron chi connectivity index (χ1n) is 17.2. The van der Waals surface area contributed by atoms with Crippen molar-refractivity contribution in [3.05, 3.63) is 158 Å². The van der Waals surface area contributed by atoms with E-state index < -0.39 is 0 Å². The first-order valence-corrected chi connectivity index (χ1v) is 18.9. The van der Waals surface area contributed by atoms with Gasteiger partial charge in [0, 0.05) is 78.8 Å². The van der Waals surface area contributed by atoms with Gasteiger partial charge in [-0.2, -0.15) is 0 Å². The Morgan fingerprint density at radius 3 is 1.65 bits per heavy atom. The number of thiophene rings is 2. The molecule has 0 atom stereocenters. The summed E-state index contributed by atoms with van der Waals surface area (Å²) in [4.78, 5) is 20.9. The molecule has 52 heavy (non-hydrogen) atoms. The van der Waals surface area contributed by atoms with E-state index in [1.165, 1.54) is 41.0 Å². The van der Waals surface area contributed by atoms with Crippen LogP contribution in [-0.4, -0.2) is 19.9 Å². The Labute approximate surface area is 306 Å². The number of nitrogens with zero attached hydrogens (tertiary/aromatic N) is 4. The molecule has 0 saturated heterocycles. The van der Waals surface area contributed by atoms with Gasteiger partial charge in [-0.1, -0.05) is 121 Å². The van der Waals surface area contributed by atoms with Crippen molar-refractivity contribution in [3.8, 4) is 45.4 Å². The minimum atomic E-state index is 0.643. The van der Waals surface area contributed by atoms with Crippen LogP contribution in [0.2, 0.25) is 0 Å².